The normalized spacial score (nSPS) is 11.1. The van der Waals surface area contributed by atoms with Gasteiger partial charge in [-0.3, -0.25) is 0 Å². The van der Waals surface area contributed by atoms with E-state index >= 15 is 0 Å². The van der Waals surface area contributed by atoms with Crippen LogP contribution in [0.15, 0.2) is 12.1 Å². The van der Waals surface area contributed by atoms with Crippen LogP contribution in [0.4, 0.5) is 0 Å². The molecule has 0 spiro atoms. The molecule has 0 saturated heterocycles. The van der Waals surface area contributed by atoms with Gasteiger partial charge in [0, 0.05) is 20.2 Å². The third kappa shape index (κ3) is 5.14. The Balaban J connectivity index is 2.70. The summed E-state index contributed by atoms with van der Waals surface area (Å²) >= 11 is 0. The van der Waals surface area contributed by atoms with Crippen LogP contribution in [0.25, 0.3) is 0 Å². The lowest BCUT2D eigenvalue weighted by molar-refractivity contribution is 0.190. The van der Waals surface area contributed by atoms with E-state index in [4.69, 9.17) is 9.47 Å². The minimum Gasteiger partial charge on any atom is -0.490 e. The Morgan fingerprint density at radius 1 is 1.10 bits per heavy atom. The molecule has 0 saturated carbocycles. The van der Waals surface area contributed by atoms with Gasteiger partial charge in [-0.1, -0.05) is 26.0 Å². The highest BCUT2D eigenvalue weighted by atomic mass is 16.5. The third-order valence-electron chi connectivity index (χ3n) is 3.53. The zero-order valence-electron chi connectivity index (χ0n) is 13.6. The summed E-state index contributed by atoms with van der Waals surface area (Å²) in [4.78, 5) is 0. The lowest BCUT2D eigenvalue weighted by Crippen LogP contribution is -2.19. The largest absolute Gasteiger partial charge is 0.490 e. The van der Waals surface area contributed by atoms with E-state index in [1.165, 1.54) is 16.7 Å². The fourth-order valence-electron chi connectivity index (χ4n) is 2.36. The molecule has 0 radical (unpaired) electrons. The van der Waals surface area contributed by atoms with Crippen LogP contribution in [-0.2, 0) is 11.3 Å². The van der Waals surface area contributed by atoms with Crippen molar-refractivity contribution < 1.29 is 9.47 Å². The second kappa shape index (κ2) is 8.98. The first kappa shape index (κ1) is 17.0. The van der Waals surface area contributed by atoms with E-state index in [1.54, 1.807) is 7.11 Å². The molecule has 0 atom stereocenters. The molecule has 1 N–H and O–H groups in total. The van der Waals surface area contributed by atoms with Crippen LogP contribution in [0.3, 0.4) is 0 Å². The number of aryl methyl sites for hydroxylation is 2. The number of hydrogen-bond donors (Lipinski definition) is 1. The lowest BCUT2D eigenvalue weighted by Gasteiger charge is -2.20. The Bertz CT molecular complexity index is 377. The number of hydrogen-bond acceptors (Lipinski definition) is 3. The molecule has 0 bridgehead atoms. The highest BCUT2D eigenvalue weighted by Gasteiger charge is 2.11. The molecule has 20 heavy (non-hydrogen) atoms. The second-order valence-electron chi connectivity index (χ2n) is 5.28. The van der Waals surface area contributed by atoms with Gasteiger partial charge in [-0.2, -0.15) is 0 Å². The van der Waals surface area contributed by atoms with Crippen molar-refractivity contribution in [3.05, 3.63) is 28.8 Å². The molecule has 0 amide bonds. The van der Waals surface area contributed by atoms with Gasteiger partial charge in [-0.15, -0.1) is 0 Å². The van der Waals surface area contributed by atoms with Gasteiger partial charge in [0.2, 0.25) is 0 Å². The van der Waals surface area contributed by atoms with Gasteiger partial charge >= 0.3 is 0 Å². The first-order valence-electron chi connectivity index (χ1n) is 7.58. The summed E-state index contributed by atoms with van der Waals surface area (Å²) in [6.07, 6.45) is 2.42. The Kier molecular flexibility index (Phi) is 7.63. The minimum absolute atomic E-state index is 0.318. The first-order valence-corrected chi connectivity index (χ1v) is 7.58. The zero-order chi connectivity index (χ0) is 15.0. The third-order valence-corrected chi connectivity index (χ3v) is 3.53. The van der Waals surface area contributed by atoms with Crippen molar-refractivity contribution in [3.63, 3.8) is 0 Å². The molecule has 0 unspecified atom stereocenters. The van der Waals surface area contributed by atoms with E-state index in [9.17, 15) is 0 Å². The number of rotatable bonds is 9. The van der Waals surface area contributed by atoms with Crippen molar-refractivity contribution in [1.29, 1.82) is 0 Å². The van der Waals surface area contributed by atoms with E-state index in [0.717, 1.165) is 38.3 Å². The lowest BCUT2D eigenvalue weighted by atomic mass is 10.1. The van der Waals surface area contributed by atoms with Crippen LogP contribution >= 0.6 is 0 Å². The van der Waals surface area contributed by atoms with Crippen molar-refractivity contribution in [2.45, 2.75) is 53.2 Å². The molecule has 0 aliphatic rings. The maximum absolute atomic E-state index is 6.13. The van der Waals surface area contributed by atoms with Gasteiger partial charge in [0.1, 0.15) is 5.75 Å². The highest BCUT2D eigenvalue weighted by Crippen LogP contribution is 2.27. The zero-order valence-corrected chi connectivity index (χ0v) is 13.6. The average molecular weight is 279 g/mol. The molecule has 0 aliphatic heterocycles. The fraction of sp³-hybridized carbons (Fsp3) is 0.647. The monoisotopic (exact) mass is 279 g/mol. The molecular weight excluding hydrogens is 250 g/mol. The minimum atomic E-state index is 0.318. The number of benzene rings is 1. The van der Waals surface area contributed by atoms with Crippen LogP contribution in [0.5, 0.6) is 5.75 Å². The van der Waals surface area contributed by atoms with Gasteiger partial charge < -0.3 is 14.8 Å². The van der Waals surface area contributed by atoms with E-state index in [1.807, 2.05) is 0 Å². The summed E-state index contributed by atoms with van der Waals surface area (Å²) in [5, 5.41) is 3.37. The summed E-state index contributed by atoms with van der Waals surface area (Å²) in [5.41, 5.74) is 3.74. The summed E-state index contributed by atoms with van der Waals surface area (Å²) in [6.45, 7) is 11.1. The number of ether oxygens (including phenoxy) is 2. The van der Waals surface area contributed by atoms with Gasteiger partial charge in [-0.25, -0.2) is 0 Å². The average Bonchev–Trinajstić information content (AvgIpc) is 2.43. The Hall–Kier alpha value is -1.06. The van der Waals surface area contributed by atoms with Crippen LogP contribution in [0.1, 0.15) is 43.4 Å². The van der Waals surface area contributed by atoms with Gasteiger partial charge in [0.25, 0.3) is 0 Å². The van der Waals surface area contributed by atoms with E-state index < -0.39 is 0 Å². The van der Waals surface area contributed by atoms with Crippen molar-refractivity contribution in [1.82, 2.24) is 5.32 Å². The van der Waals surface area contributed by atoms with Crippen LogP contribution in [-0.4, -0.2) is 26.4 Å². The van der Waals surface area contributed by atoms with Gasteiger partial charge in [0.05, 0.1) is 12.7 Å². The standard InChI is InChI=1S/C17H29NO2/c1-6-16(7-2)20-17-13(3)10-15(11-14(17)4)12-18-8-9-19-5/h10-11,16,18H,6-9,12H2,1-5H3. The first-order chi connectivity index (χ1) is 9.62. The van der Waals surface area contributed by atoms with Crippen molar-refractivity contribution in [2.24, 2.45) is 0 Å². The van der Waals surface area contributed by atoms with E-state index in [0.29, 0.717) is 6.10 Å². The Morgan fingerprint density at radius 2 is 1.70 bits per heavy atom. The maximum Gasteiger partial charge on any atom is 0.125 e. The molecule has 0 fully saturated rings. The van der Waals surface area contributed by atoms with Crippen LogP contribution < -0.4 is 10.1 Å². The number of nitrogens with one attached hydrogen (secondary N) is 1. The molecule has 0 aliphatic carbocycles. The van der Waals surface area contributed by atoms with Crippen molar-refractivity contribution >= 4 is 0 Å². The number of methoxy groups -OCH3 is 1. The Morgan fingerprint density at radius 3 is 2.20 bits per heavy atom. The van der Waals surface area contributed by atoms with Crippen LogP contribution in [0.2, 0.25) is 0 Å². The molecular formula is C17H29NO2. The predicted molar refractivity (Wildman–Crippen MR) is 84.5 cm³/mol. The van der Waals surface area contributed by atoms with Gasteiger partial charge in [0.15, 0.2) is 0 Å². The molecule has 1 aromatic carbocycles. The molecule has 1 aromatic rings. The fourth-order valence-corrected chi connectivity index (χ4v) is 2.36. The predicted octanol–water partition coefficient (Wildman–Crippen LogP) is 3.61. The highest BCUT2D eigenvalue weighted by molar-refractivity contribution is 5.43. The van der Waals surface area contributed by atoms with Gasteiger partial charge in [-0.05, 0) is 43.4 Å². The molecule has 0 aromatic heterocycles. The quantitative estimate of drug-likeness (QED) is 0.701. The summed E-state index contributed by atoms with van der Waals surface area (Å²) in [6, 6.07) is 4.43. The molecule has 114 valence electrons. The Labute approximate surface area is 123 Å². The molecule has 1 rings (SSSR count). The molecule has 0 heterocycles. The van der Waals surface area contributed by atoms with E-state index in [2.05, 4.69) is 45.1 Å². The molecule has 3 nitrogen and oxygen atoms in total. The topological polar surface area (TPSA) is 30.5 Å². The van der Waals surface area contributed by atoms with Crippen LogP contribution in [0, 0.1) is 13.8 Å². The van der Waals surface area contributed by atoms with Crippen molar-refractivity contribution in [2.75, 3.05) is 20.3 Å². The summed E-state index contributed by atoms with van der Waals surface area (Å²) in [5.74, 6) is 1.05. The van der Waals surface area contributed by atoms with E-state index in [-0.39, 0.29) is 0 Å². The smallest absolute Gasteiger partial charge is 0.125 e. The second-order valence-corrected chi connectivity index (χ2v) is 5.28. The summed E-state index contributed by atoms with van der Waals surface area (Å²) < 4.78 is 11.2. The van der Waals surface area contributed by atoms with Crippen molar-refractivity contribution in [3.8, 4) is 5.75 Å². The SMILES string of the molecule is CCC(CC)Oc1c(C)cc(CNCCOC)cc1C. The summed E-state index contributed by atoms with van der Waals surface area (Å²) in [7, 11) is 1.72. The maximum atomic E-state index is 6.13. The molecule has 3 heteroatoms.